The topological polar surface area (TPSA) is 182 Å². The second-order valence-corrected chi connectivity index (χ2v) is 13.9. The molecule has 282 valence electrons. The number of rotatable bonds is 14. The highest BCUT2D eigenvalue weighted by Crippen LogP contribution is 2.59. The van der Waals surface area contributed by atoms with Gasteiger partial charge in [-0.25, -0.2) is 9.59 Å². The highest BCUT2D eigenvalue weighted by Gasteiger charge is 2.58. The Hall–Kier alpha value is -4.83. The molecule has 0 spiro atoms. The third-order valence-corrected chi connectivity index (χ3v) is 10.9. The van der Waals surface area contributed by atoms with Crippen molar-refractivity contribution in [2.24, 2.45) is 17.3 Å². The maximum absolute atomic E-state index is 13.4. The number of benzene rings is 2. The van der Waals surface area contributed by atoms with E-state index in [9.17, 15) is 61.5 Å². The first-order valence-corrected chi connectivity index (χ1v) is 16.7. The third-order valence-electron chi connectivity index (χ3n) is 10.9. The Kier molecular flexibility index (Phi) is 10.6. The molecule has 0 aliphatic heterocycles. The number of unbranched alkanes of at least 4 members (excludes halogenated alkanes) is 1. The van der Waals surface area contributed by atoms with E-state index >= 15 is 0 Å². The zero-order valence-corrected chi connectivity index (χ0v) is 28.0. The molecule has 0 bridgehead atoms. The number of carboxylic acids is 2. The summed E-state index contributed by atoms with van der Waals surface area (Å²) in [6.45, 7) is -0.177. The van der Waals surface area contributed by atoms with Crippen LogP contribution < -0.4 is 14.8 Å². The van der Waals surface area contributed by atoms with E-state index < -0.39 is 70.4 Å². The van der Waals surface area contributed by atoms with E-state index in [-0.39, 0.29) is 24.9 Å². The van der Waals surface area contributed by atoms with Gasteiger partial charge in [-0.1, -0.05) is 13.0 Å². The van der Waals surface area contributed by atoms with E-state index in [0.717, 1.165) is 38.2 Å². The molecule has 0 unspecified atom stereocenters. The molecule has 12 nitrogen and oxygen atoms in total. The van der Waals surface area contributed by atoms with Crippen molar-refractivity contribution < 1.29 is 65.7 Å². The molecular formula is C35H37F5N2O10. The van der Waals surface area contributed by atoms with Crippen molar-refractivity contribution in [1.82, 2.24) is 5.32 Å². The Labute approximate surface area is 293 Å². The zero-order valence-electron chi connectivity index (χ0n) is 28.0. The number of aryl methyl sites for hydroxylation is 1. The molecule has 2 aromatic rings. The Balaban J connectivity index is 1.20. The average molecular weight is 741 g/mol. The number of hydrogen-bond acceptors (Lipinski definition) is 8. The smallest absolute Gasteiger partial charge is 0.456 e. The van der Waals surface area contributed by atoms with Crippen LogP contribution in [-0.4, -0.2) is 69.6 Å². The molecule has 0 radical (unpaired) electrons. The molecule has 3 aliphatic rings. The molecule has 1 amide bonds. The lowest BCUT2D eigenvalue weighted by Crippen LogP contribution is -2.60. The van der Waals surface area contributed by atoms with Gasteiger partial charge in [0.05, 0.1) is 11.5 Å². The minimum absolute atomic E-state index is 0.0717. The number of nitro benzene ring substituents is 1. The van der Waals surface area contributed by atoms with Crippen LogP contribution in [0.3, 0.4) is 0 Å². The number of carboxylic acid groups (broad SMARTS) is 2. The summed E-state index contributed by atoms with van der Waals surface area (Å²) in [4.78, 5) is 60.2. The molecule has 0 saturated heterocycles. The number of nitro groups is 1. The summed E-state index contributed by atoms with van der Waals surface area (Å²) in [6, 6.07) is 7.57. The molecule has 0 heterocycles. The minimum atomic E-state index is -6.05. The van der Waals surface area contributed by atoms with Gasteiger partial charge in [0.2, 0.25) is 5.54 Å². The maximum atomic E-state index is 13.4. The second-order valence-electron chi connectivity index (χ2n) is 13.9. The minimum Gasteiger partial charge on any atom is -0.494 e. The van der Waals surface area contributed by atoms with Crippen molar-refractivity contribution in [3.8, 4) is 11.5 Å². The number of Topliss-reactive ketones (excluding diaryl/α,β-unsaturated/α-hetero) is 1. The van der Waals surface area contributed by atoms with Crippen molar-refractivity contribution in [1.29, 1.82) is 0 Å². The number of alkyl halides is 5. The number of aliphatic carboxylic acids is 2. The number of hydrogen-bond donors (Lipinski definition) is 3. The van der Waals surface area contributed by atoms with Crippen LogP contribution in [-0.2, 0) is 20.8 Å². The van der Waals surface area contributed by atoms with E-state index in [1.54, 1.807) is 0 Å². The quantitative estimate of drug-likeness (QED) is 0.0637. The average Bonchev–Trinajstić information content (AvgIpc) is 3.39. The summed E-state index contributed by atoms with van der Waals surface area (Å²) < 4.78 is 74.8. The number of carbonyl (C=O) groups excluding carboxylic acids is 2. The summed E-state index contributed by atoms with van der Waals surface area (Å²) in [5.41, 5.74) is -2.49. The largest absolute Gasteiger partial charge is 0.494 e. The second kappa shape index (κ2) is 14.3. The molecule has 2 aromatic carbocycles. The van der Waals surface area contributed by atoms with Crippen LogP contribution >= 0.6 is 0 Å². The first kappa shape index (κ1) is 38.4. The SMILES string of the molecule is C[C@]12CC[C@@H]3c4ccc(OCCCCC(NC(=O)c5ccc([N+](=O)[O-])c(OCC(F)(F)C(F)(F)F)c5)(C(=O)O)C(=O)O)cc4CC[C@H]3[C@@H]1CCC2=O. The van der Waals surface area contributed by atoms with E-state index in [1.807, 2.05) is 23.5 Å². The summed E-state index contributed by atoms with van der Waals surface area (Å²) >= 11 is 0. The van der Waals surface area contributed by atoms with Crippen LogP contribution in [0.2, 0.25) is 0 Å². The van der Waals surface area contributed by atoms with Crippen molar-refractivity contribution in [3.63, 3.8) is 0 Å². The summed E-state index contributed by atoms with van der Waals surface area (Å²) in [5, 5.41) is 32.9. The first-order valence-electron chi connectivity index (χ1n) is 16.7. The number of halogens is 5. The standard InChI is InChI=1S/C35H37F5N2O10/c1-32-14-12-23-22-8-6-21(16-19(22)4-7-24(23)25(32)9-11-28(32)43)51-15-3-2-13-33(30(45)46,31(47)48)41-29(44)20-5-10-26(42(49)50)27(17-20)52-18-34(36,37)35(38,39)40/h5-6,8,10,16-17,23-25H,2-4,7,9,11-15,18H2,1H3,(H,41,44)(H,45,46)(H,47,48)/t23-,24-,25+,32+/m1/s1. The van der Waals surface area contributed by atoms with Crippen molar-refractivity contribution in [2.75, 3.05) is 13.2 Å². The predicted octanol–water partition coefficient (Wildman–Crippen LogP) is 6.48. The third kappa shape index (κ3) is 7.26. The molecule has 2 fully saturated rings. The Morgan fingerprint density at radius 1 is 0.981 bits per heavy atom. The molecule has 0 aromatic heterocycles. The fraction of sp³-hybridized carbons (Fsp3) is 0.543. The molecule has 17 heteroatoms. The molecule has 3 aliphatic carbocycles. The number of ether oxygens (including phenoxy) is 2. The van der Waals surface area contributed by atoms with Crippen molar-refractivity contribution >= 4 is 29.3 Å². The van der Waals surface area contributed by atoms with Crippen LogP contribution in [0.25, 0.3) is 0 Å². The summed E-state index contributed by atoms with van der Waals surface area (Å²) in [6.07, 6.45) is -1.37. The van der Waals surface area contributed by atoms with Gasteiger partial charge in [0.15, 0.2) is 12.4 Å². The normalized spacial score (nSPS) is 22.8. The van der Waals surface area contributed by atoms with Crippen molar-refractivity contribution in [3.05, 3.63) is 63.2 Å². The highest BCUT2D eigenvalue weighted by atomic mass is 19.4. The van der Waals surface area contributed by atoms with Gasteiger partial charge in [-0.15, -0.1) is 0 Å². The number of carbonyl (C=O) groups is 4. The molecule has 5 rings (SSSR count). The van der Waals surface area contributed by atoms with Crippen LogP contribution in [0.4, 0.5) is 27.6 Å². The van der Waals surface area contributed by atoms with E-state index in [4.69, 9.17) is 4.74 Å². The van der Waals surface area contributed by atoms with Gasteiger partial charge in [0.25, 0.3) is 5.91 Å². The van der Waals surface area contributed by atoms with E-state index in [2.05, 4.69) is 11.7 Å². The van der Waals surface area contributed by atoms with Crippen LogP contribution in [0.15, 0.2) is 36.4 Å². The maximum Gasteiger partial charge on any atom is 0.456 e. The van der Waals surface area contributed by atoms with Gasteiger partial charge in [0, 0.05) is 29.5 Å². The molecule has 4 atom stereocenters. The van der Waals surface area contributed by atoms with Crippen molar-refractivity contribution in [2.45, 2.75) is 88.3 Å². The Morgan fingerprint density at radius 2 is 1.69 bits per heavy atom. The fourth-order valence-electron chi connectivity index (χ4n) is 8.01. The lowest BCUT2D eigenvalue weighted by Gasteiger charge is -2.48. The molecule has 3 N–H and O–H groups in total. The first-order chi connectivity index (χ1) is 24.3. The van der Waals surface area contributed by atoms with Gasteiger partial charge in [-0.2, -0.15) is 22.0 Å². The van der Waals surface area contributed by atoms with Gasteiger partial charge in [0.1, 0.15) is 11.5 Å². The fourth-order valence-corrected chi connectivity index (χ4v) is 8.01. The lowest BCUT2D eigenvalue weighted by molar-refractivity contribution is -0.386. The molecular weight excluding hydrogens is 703 g/mol. The molecule has 2 saturated carbocycles. The van der Waals surface area contributed by atoms with Gasteiger partial charge in [-0.3, -0.25) is 19.7 Å². The summed E-state index contributed by atoms with van der Waals surface area (Å²) in [7, 11) is 0. The Bertz CT molecular complexity index is 1750. The van der Waals surface area contributed by atoms with Gasteiger partial charge >= 0.3 is 29.7 Å². The zero-order chi connectivity index (χ0) is 38.2. The predicted molar refractivity (Wildman–Crippen MR) is 170 cm³/mol. The lowest BCUT2D eigenvalue weighted by atomic mass is 9.55. The van der Waals surface area contributed by atoms with Gasteiger partial charge < -0.3 is 25.0 Å². The molecule has 52 heavy (non-hydrogen) atoms. The van der Waals surface area contributed by atoms with Crippen LogP contribution in [0.5, 0.6) is 11.5 Å². The number of fused-ring (bicyclic) bond motifs is 5. The van der Waals surface area contributed by atoms with Crippen LogP contribution in [0.1, 0.15) is 85.7 Å². The number of amides is 1. The van der Waals surface area contributed by atoms with Gasteiger partial charge in [-0.05, 0) is 98.4 Å². The van der Waals surface area contributed by atoms with E-state index in [0.29, 0.717) is 47.8 Å². The monoisotopic (exact) mass is 740 g/mol. The number of ketones is 1. The number of nitrogens with one attached hydrogen (secondary N) is 1. The van der Waals surface area contributed by atoms with Crippen LogP contribution in [0, 0.1) is 27.4 Å². The summed E-state index contributed by atoms with van der Waals surface area (Å²) in [5.74, 6) is -9.74. The highest BCUT2D eigenvalue weighted by molar-refractivity contribution is 6.09. The Morgan fingerprint density at radius 3 is 2.35 bits per heavy atom. The number of nitrogens with zero attached hydrogens (tertiary/aromatic N) is 1. The van der Waals surface area contributed by atoms with E-state index in [1.165, 1.54) is 11.1 Å².